The first-order valence-electron chi connectivity index (χ1n) is 5.77. The molecule has 0 heterocycles. The Morgan fingerprint density at radius 1 is 1.06 bits per heavy atom. The van der Waals surface area contributed by atoms with Crippen LogP contribution in [0.4, 0.5) is 4.39 Å². The van der Waals surface area contributed by atoms with Gasteiger partial charge in [0.1, 0.15) is 5.82 Å². The number of nitrogens with two attached hydrogens (primary N) is 1. The van der Waals surface area contributed by atoms with Crippen molar-refractivity contribution in [3.63, 3.8) is 0 Å². The Morgan fingerprint density at radius 2 is 1.76 bits per heavy atom. The van der Waals surface area contributed by atoms with E-state index < -0.39 is 0 Å². The lowest BCUT2D eigenvalue weighted by atomic mass is 9.97. The topological polar surface area (TPSA) is 26.0 Å². The molecule has 17 heavy (non-hydrogen) atoms. The molecule has 0 aliphatic heterocycles. The molecule has 0 bridgehead atoms. The highest BCUT2D eigenvalue weighted by Gasteiger charge is 2.10. The smallest absolute Gasteiger partial charge is 0.134 e. The quantitative estimate of drug-likeness (QED) is 0.858. The third kappa shape index (κ3) is 2.37. The first kappa shape index (κ1) is 11.8. The molecular formula is C15H16FN. The standard InChI is InChI=1S/C15H16FN/c1-11-12(9-10-17)7-8-14(15(11)16)13-5-3-2-4-6-13/h2-8H,9-10,17H2,1H3. The van der Waals surface area contributed by atoms with E-state index in [1.807, 2.05) is 49.4 Å². The van der Waals surface area contributed by atoms with Crippen molar-refractivity contribution in [2.24, 2.45) is 5.73 Å². The summed E-state index contributed by atoms with van der Waals surface area (Å²) >= 11 is 0. The normalized spacial score (nSPS) is 10.5. The van der Waals surface area contributed by atoms with Gasteiger partial charge in [-0.25, -0.2) is 4.39 Å². The molecule has 2 heteroatoms. The molecule has 0 spiro atoms. The first-order chi connectivity index (χ1) is 8.24. The average Bonchev–Trinajstić information content (AvgIpc) is 2.36. The maximum absolute atomic E-state index is 14.2. The second-order valence-electron chi connectivity index (χ2n) is 4.12. The van der Waals surface area contributed by atoms with Gasteiger partial charge in [-0.3, -0.25) is 0 Å². The summed E-state index contributed by atoms with van der Waals surface area (Å²) in [7, 11) is 0. The van der Waals surface area contributed by atoms with Gasteiger partial charge in [0.05, 0.1) is 0 Å². The van der Waals surface area contributed by atoms with Crippen molar-refractivity contribution in [3.8, 4) is 11.1 Å². The average molecular weight is 229 g/mol. The van der Waals surface area contributed by atoms with E-state index in [1.165, 1.54) is 0 Å². The van der Waals surface area contributed by atoms with Crippen LogP contribution in [0.25, 0.3) is 11.1 Å². The minimum atomic E-state index is -0.137. The van der Waals surface area contributed by atoms with Crippen LogP contribution in [0.15, 0.2) is 42.5 Å². The van der Waals surface area contributed by atoms with Crippen LogP contribution in [-0.2, 0) is 6.42 Å². The summed E-state index contributed by atoms with van der Waals surface area (Å²) in [6.45, 7) is 2.36. The molecule has 88 valence electrons. The Balaban J connectivity index is 2.48. The van der Waals surface area contributed by atoms with Gasteiger partial charge in [-0.05, 0) is 36.6 Å². The van der Waals surface area contributed by atoms with Gasteiger partial charge in [-0.15, -0.1) is 0 Å². The lowest BCUT2D eigenvalue weighted by molar-refractivity contribution is 0.619. The molecule has 0 aromatic heterocycles. The van der Waals surface area contributed by atoms with Crippen LogP contribution in [0.5, 0.6) is 0 Å². The van der Waals surface area contributed by atoms with Gasteiger partial charge in [-0.1, -0.05) is 42.5 Å². The van der Waals surface area contributed by atoms with Crippen molar-refractivity contribution in [3.05, 3.63) is 59.4 Å². The Morgan fingerprint density at radius 3 is 2.41 bits per heavy atom. The number of rotatable bonds is 3. The van der Waals surface area contributed by atoms with Crippen molar-refractivity contribution in [1.29, 1.82) is 0 Å². The molecule has 0 radical (unpaired) electrons. The van der Waals surface area contributed by atoms with Crippen molar-refractivity contribution in [1.82, 2.24) is 0 Å². The van der Waals surface area contributed by atoms with Gasteiger partial charge < -0.3 is 5.73 Å². The van der Waals surface area contributed by atoms with E-state index >= 15 is 0 Å². The minimum absolute atomic E-state index is 0.137. The first-order valence-corrected chi connectivity index (χ1v) is 5.77. The van der Waals surface area contributed by atoms with Crippen LogP contribution in [0.1, 0.15) is 11.1 Å². The predicted octanol–water partition coefficient (Wildman–Crippen LogP) is 3.30. The maximum atomic E-state index is 14.2. The third-order valence-electron chi connectivity index (χ3n) is 3.00. The van der Waals surface area contributed by atoms with Crippen LogP contribution < -0.4 is 5.73 Å². The number of hydrogen-bond donors (Lipinski definition) is 1. The fourth-order valence-electron chi connectivity index (χ4n) is 1.99. The minimum Gasteiger partial charge on any atom is -0.330 e. The highest BCUT2D eigenvalue weighted by molar-refractivity contribution is 5.65. The molecular weight excluding hydrogens is 213 g/mol. The number of benzene rings is 2. The van der Waals surface area contributed by atoms with E-state index in [-0.39, 0.29) is 5.82 Å². The van der Waals surface area contributed by atoms with Crippen LogP contribution in [0.3, 0.4) is 0 Å². The highest BCUT2D eigenvalue weighted by atomic mass is 19.1. The Kier molecular flexibility index (Phi) is 3.55. The molecule has 1 nitrogen and oxygen atoms in total. The van der Waals surface area contributed by atoms with Crippen molar-refractivity contribution in [2.75, 3.05) is 6.54 Å². The monoisotopic (exact) mass is 229 g/mol. The molecule has 0 aliphatic rings. The summed E-state index contributed by atoms with van der Waals surface area (Å²) in [5.74, 6) is -0.137. The molecule has 2 aromatic rings. The van der Waals surface area contributed by atoms with E-state index in [4.69, 9.17) is 5.73 Å². The molecule has 0 aliphatic carbocycles. The highest BCUT2D eigenvalue weighted by Crippen LogP contribution is 2.26. The van der Waals surface area contributed by atoms with Crippen molar-refractivity contribution >= 4 is 0 Å². The molecule has 0 saturated heterocycles. The Bertz CT molecular complexity index is 506. The molecule has 2 rings (SSSR count). The fourth-order valence-corrected chi connectivity index (χ4v) is 1.99. The molecule has 2 aromatic carbocycles. The molecule has 0 amide bonds. The van der Waals surface area contributed by atoms with Crippen molar-refractivity contribution < 1.29 is 4.39 Å². The lowest BCUT2D eigenvalue weighted by Gasteiger charge is -2.10. The SMILES string of the molecule is Cc1c(CCN)ccc(-c2ccccc2)c1F. The van der Waals surface area contributed by atoms with Crippen LogP contribution >= 0.6 is 0 Å². The molecule has 0 fully saturated rings. The Hall–Kier alpha value is -1.67. The van der Waals surface area contributed by atoms with E-state index in [2.05, 4.69) is 0 Å². The molecule has 2 N–H and O–H groups in total. The van der Waals surface area contributed by atoms with Gasteiger partial charge in [-0.2, -0.15) is 0 Å². The summed E-state index contributed by atoms with van der Waals surface area (Å²) in [5.41, 5.74) is 8.77. The largest absolute Gasteiger partial charge is 0.330 e. The zero-order valence-corrected chi connectivity index (χ0v) is 9.91. The van der Waals surface area contributed by atoms with E-state index in [0.29, 0.717) is 17.7 Å². The summed E-state index contributed by atoms with van der Waals surface area (Å²) < 4.78 is 14.2. The van der Waals surface area contributed by atoms with Gasteiger partial charge >= 0.3 is 0 Å². The maximum Gasteiger partial charge on any atom is 0.134 e. The second-order valence-corrected chi connectivity index (χ2v) is 4.12. The van der Waals surface area contributed by atoms with E-state index in [1.54, 1.807) is 0 Å². The summed E-state index contributed by atoms with van der Waals surface area (Å²) in [4.78, 5) is 0. The predicted molar refractivity (Wildman–Crippen MR) is 69.3 cm³/mol. The molecule has 0 atom stereocenters. The zero-order valence-electron chi connectivity index (χ0n) is 9.91. The van der Waals surface area contributed by atoms with Gasteiger partial charge in [0, 0.05) is 5.56 Å². The van der Waals surface area contributed by atoms with Crippen LogP contribution in [-0.4, -0.2) is 6.54 Å². The summed E-state index contributed by atoms with van der Waals surface area (Å²) in [5, 5.41) is 0. The second kappa shape index (κ2) is 5.11. The van der Waals surface area contributed by atoms with Crippen LogP contribution in [0, 0.1) is 12.7 Å². The summed E-state index contributed by atoms with van der Waals surface area (Å²) in [6, 6.07) is 13.4. The van der Waals surface area contributed by atoms with E-state index in [9.17, 15) is 4.39 Å². The van der Waals surface area contributed by atoms with E-state index in [0.717, 1.165) is 17.5 Å². The molecule has 0 unspecified atom stereocenters. The number of halogens is 1. The van der Waals surface area contributed by atoms with Gasteiger partial charge in [0.2, 0.25) is 0 Å². The summed E-state index contributed by atoms with van der Waals surface area (Å²) in [6.07, 6.45) is 0.720. The molecule has 0 saturated carbocycles. The van der Waals surface area contributed by atoms with Crippen molar-refractivity contribution in [2.45, 2.75) is 13.3 Å². The zero-order chi connectivity index (χ0) is 12.3. The van der Waals surface area contributed by atoms with Gasteiger partial charge in [0.15, 0.2) is 0 Å². The van der Waals surface area contributed by atoms with Crippen LogP contribution in [0.2, 0.25) is 0 Å². The Labute approximate surface area is 101 Å². The number of hydrogen-bond acceptors (Lipinski definition) is 1. The lowest BCUT2D eigenvalue weighted by Crippen LogP contribution is -2.05. The third-order valence-corrected chi connectivity index (χ3v) is 3.00. The van der Waals surface area contributed by atoms with Gasteiger partial charge in [0.25, 0.3) is 0 Å². The fraction of sp³-hybridized carbons (Fsp3) is 0.200.